The summed E-state index contributed by atoms with van der Waals surface area (Å²) in [5, 5.41) is 9.29. The van der Waals surface area contributed by atoms with Gasteiger partial charge in [0.25, 0.3) is 0 Å². The highest BCUT2D eigenvalue weighted by Gasteiger charge is 2.17. The van der Waals surface area contributed by atoms with E-state index in [9.17, 15) is 14.9 Å². The number of nitrogens with zero attached hydrogens (tertiary/aromatic N) is 2. The van der Waals surface area contributed by atoms with Gasteiger partial charge in [-0.15, -0.1) is 11.3 Å². The van der Waals surface area contributed by atoms with Crippen molar-refractivity contribution in [2.24, 2.45) is 0 Å². The lowest BCUT2D eigenvalue weighted by Gasteiger charge is -2.07. The molecule has 0 aliphatic carbocycles. The first kappa shape index (κ1) is 20.0. The van der Waals surface area contributed by atoms with Crippen LogP contribution in [0, 0.1) is 25.2 Å². The summed E-state index contributed by atoms with van der Waals surface area (Å²) in [5.41, 5.74) is 2.69. The Morgan fingerprint density at radius 2 is 2.12 bits per heavy atom. The largest absolute Gasteiger partial charge is 0.453 e. The fraction of sp³-hybridized carbons (Fsp3) is 0.316. The second kappa shape index (κ2) is 8.84. The number of carbonyl (C=O) groups excluding carboxylic acids is 2. The fourth-order valence-electron chi connectivity index (χ4n) is 2.58. The van der Waals surface area contributed by atoms with Crippen LogP contribution in [0.5, 0.6) is 0 Å². The van der Waals surface area contributed by atoms with E-state index in [1.165, 1.54) is 6.08 Å². The highest BCUT2D eigenvalue weighted by Crippen LogP contribution is 2.22. The Hall–Kier alpha value is -2.36. The van der Waals surface area contributed by atoms with Gasteiger partial charge in [-0.2, -0.15) is 5.26 Å². The second-order valence-electron chi connectivity index (χ2n) is 5.75. The molecule has 0 saturated carbocycles. The summed E-state index contributed by atoms with van der Waals surface area (Å²) in [6, 6.07) is 6.96. The minimum absolute atomic E-state index is 0.140. The summed E-state index contributed by atoms with van der Waals surface area (Å²) in [5.74, 6) is -1.17. The topological polar surface area (TPSA) is 72.1 Å². The molecule has 5 nitrogen and oxygen atoms in total. The number of aromatic nitrogens is 1. The number of nitriles is 1. The summed E-state index contributed by atoms with van der Waals surface area (Å²) >= 11 is 6.90. The number of thiophene rings is 1. The minimum atomic E-state index is -0.816. The van der Waals surface area contributed by atoms with Gasteiger partial charge >= 0.3 is 5.97 Å². The van der Waals surface area contributed by atoms with Gasteiger partial charge in [-0.25, -0.2) is 4.79 Å². The van der Waals surface area contributed by atoms with Gasteiger partial charge in [-0.3, -0.25) is 4.79 Å². The molecular weight excluding hydrogens is 372 g/mol. The number of rotatable bonds is 7. The van der Waals surface area contributed by atoms with Gasteiger partial charge in [0.2, 0.25) is 5.78 Å². The summed E-state index contributed by atoms with van der Waals surface area (Å²) in [6.07, 6.45) is 2.49. The predicted octanol–water partition coefficient (Wildman–Crippen LogP) is 4.56. The second-order valence-corrected chi connectivity index (χ2v) is 7.47. The molecule has 26 heavy (non-hydrogen) atoms. The number of esters is 1. The van der Waals surface area contributed by atoms with Crippen molar-refractivity contribution in [1.29, 1.82) is 5.26 Å². The number of ether oxygens (including phenoxy) is 1. The van der Waals surface area contributed by atoms with Crippen molar-refractivity contribution in [2.45, 2.75) is 33.7 Å². The van der Waals surface area contributed by atoms with Crippen molar-refractivity contribution in [2.75, 3.05) is 6.61 Å². The Morgan fingerprint density at radius 3 is 2.69 bits per heavy atom. The molecule has 7 heteroatoms. The third-order valence-electron chi connectivity index (χ3n) is 3.88. The van der Waals surface area contributed by atoms with Crippen molar-refractivity contribution in [3.8, 4) is 6.07 Å². The maximum absolute atomic E-state index is 12.2. The van der Waals surface area contributed by atoms with E-state index in [-0.39, 0.29) is 11.4 Å². The Labute approximate surface area is 161 Å². The van der Waals surface area contributed by atoms with Gasteiger partial charge in [0, 0.05) is 17.9 Å². The monoisotopic (exact) mass is 390 g/mol. The molecule has 0 aliphatic heterocycles. The lowest BCUT2D eigenvalue weighted by atomic mass is 10.1. The average Bonchev–Trinajstić information content (AvgIpc) is 3.16. The zero-order valence-corrected chi connectivity index (χ0v) is 16.4. The fourth-order valence-corrected chi connectivity index (χ4v) is 3.55. The van der Waals surface area contributed by atoms with E-state index in [0.29, 0.717) is 9.21 Å². The molecule has 2 rings (SSSR count). The first-order valence-electron chi connectivity index (χ1n) is 8.11. The van der Waals surface area contributed by atoms with Crippen LogP contribution in [-0.2, 0) is 16.1 Å². The summed E-state index contributed by atoms with van der Waals surface area (Å²) < 4.78 is 7.62. The Bertz CT molecular complexity index is 903. The molecule has 0 N–H and O–H groups in total. The van der Waals surface area contributed by atoms with Crippen LogP contribution in [0.4, 0.5) is 0 Å². The minimum Gasteiger partial charge on any atom is -0.453 e. The normalized spacial score (nSPS) is 11.3. The first-order valence-corrected chi connectivity index (χ1v) is 9.31. The molecule has 2 heterocycles. The van der Waals surface area contributed by atoms with Crippen LogP contribution in [0.15, 0.2) is 23.8 Å². The molecule has 0 unspecified atom stereocenters. The number of carbonyl (C=O) groups is 2. The molecule has 0 fully saturated rings. The number of hydrogen-bond donors (Lipinski definition) is 0. The zero-order chi connectivity index (χ0) is 19.3. The van der Waals surface area contributed by atoms with E-state index >= 15 is 0 Å². The highest BCUT2D eigenvalue weighted by molar-refractivity contribution is 7.18. The van der Waals surface area contributed by atoms with Crippen molar-refractivity contribution in [1.82, 2.24) is 4.57 Å². The van der Waals surface area contributed by atoms with E-state index in [1.54, 1.807) is 12.1 Å². The van der Waals surface area contributed by atoms with Crippen LogP contribution in [0.3, 0.4) is 0 Å². The van der Waals surface area contributed by atoms with Gasteiger partial charge < -0.3 is 9.30 Å². The van der Waals surface area contributed by atoms with Crippen LogP contribution in [0.1, 0.15) is 40.0 Å². The molecular formula is C19H19ClN2O3S. The Balaban J connectivity index is 2.11. The zero-order valence-electron chi connectivity index (χ0n) is 14.8. The smallest absolute Gasteiger partial charge is 0.349 e. The van der Waals surface area contributed by atoms with E-state index in [1.807, 2.05) is 26.0 Å². The van der Waals surface area contributed by atoms with E-state index in [2.05, 4.69) is 11.5 Å². The van der Waals surface area contributed by atoms with Crippen molar-refractivity contribution in [3.63, 3.8) is 0 Å². The van der Waals surface area contributed by atoms with Gasteiger partial charge in [0.1, 0.15) is 11.6 Å². The molecule has 2 aromatic heterocycles. The Kier molecular flexibility index (Phi) is 6.78. The third kappa shape index (κ3) is 4.63. The third-order valence-corrected chi connectivity index (χ3v) is 5.15. The van der Waals surface area contributed by atoms with E-state index < -0.39 is 12.6 Å². The van der Waals surface area contributed by atoms with Crippen LogP contribution in [0.2, 0.25) is 4.34 Å². The molecule has 0 radical (unpaired) electrons. The lowest BCUT2D eigenvalue weighted by molar-refractivity contribution is -0.137. The molecule has 136 valence electrons. The van der Waals surface area contributed by atoms with Crippen LogP contribution in [-0.4, -0.2) is 22.9 Å². The predicted molar refractivity (Wildman–Crippen MR) is 102 cm³/mol. The number of aryl methyl sites for hydroxylation is 1. The number of ketones is 1. The first-order chi connectivity index (χ1) is 12.4. The molecule has 0 aliphatic rings. The number of Topliss-reactive ketones (excluding diaryl/α,β-unsaturated/α-hetero) is 1. The van der Waals surface area contributed by atoms with Crippen molar-refractivity contribution in [3.05, 3.63) is 49.9 Å². The summed E-state index contributed by atoms with van der Waals surface area (Å²) in [6.45, 7) is 6.46. The number of hydrogen-bond acceptors (Lipinski definition) is 5. The van der Waals surface area contributed by atoms with E-state index in [4.69, 9.17) is 16.3 Å². The molecule has 0 atom stereocenters. The van der Waals surface area contributed by atoms with Crippen LogP contribution < -0.4 is 0 Å². The maximum atomic E-state index is 12.2. The van der Waals surface area contributed by atoms with Gasteiger partial charge in [0.05, 0.1) is 9.21 Å². The molecule has 2 aromatic rings. The van der Waals surface area contributed by atoms with Crippen molar-refractivity contribution >= 4 is 40.8 Å². The SMILES string of the molecule is CCCn1c(C)cc(C=C(C#N)C(=O)OCC(=O)c2ccc(Cl)s2)c1C. The van der Waals surface area contributed by atoms with E-state index in [0.717, 1.165) is 41.3 Å². The van der Waals surface area contributed by atoms with Crippen molar-refractivity contribution < 1.29 is 14.3 Å². The summed E-state index contributed by atoms with van der Waals surface area (Å²) in [4.78, 5) is 24.5. The number of halogens is 1. The van der Waals surface area contributed by atoms with Crippen LogP contribution >= 0.6 is 22.9 Å². The Morgan fingerprint density at radius 1 is 1.38 bits per heavy atom. The highest BCUT2D eigenvalue weighted by atomic mass is 35.5. The summed E-state index contributed by atoms with van der Waals surface area (Å²) in [7, 11) is 0. The molecule has 0 bridgehead atoms. The van der Waals surface area contributed by atoms with Gasteiger partial charge in [-0.1, -0.05) is 18.5 Å². The van der Waals surface area contributed by atoms with Gasteiger partial charge in [-0.05, 0) is 50.1 Å². The van der Waals surface area contributed by atoms with Crippen LogP contribution in [0.25, 0.3) is 6.08 Å². The molecule has 0 spiro atoms. The average molecular weight is 391 g/mol. The molecule has 0 aromatic carbocycles. The standard InChI is InChI=1S/C19H19ClN2O3S/c1-4-7-22-12(2)8-14(13(22)3)9-15(10-21)19(24)25-11-16(23)17-5-6-18(20)26-17/h5-6,8-9H,4,7,11H2,1-3H3. The maximum Gasteiger partial charge on any atom is 0.349 e. The lowest BCUT2D eigenvalue weighted by Crippen LogP contribution is -2.14. The molecule has 0 saturated heterocycles. The van der Waals surface area contributed by atoms with Gasteiger partial charge in [0.15, 0.2) is 6.61 Å². The molecule has 0 amide bonds. The quantitative estimate of drug-likeness (QED) is 0.300.